The SMILES string of the molecule is COc1ccc(Cl)cc1C(=O)N1CCC(C)C1CBr. The number of methoxy groups -OCH3 is 1. The maximum absolute atomic E-state index is 12.7. The predicted octanol–water partition coefficient (Wildman–Crippen LogP) is 3.59. The van der Waals surface area contributed by atoms with Gasteiger partial charge in [0.1, 0.15) is 5.75 Å². The highest BCUT2D eigenvalue weighted by Gasteiger charge is 2.34. The molecule has 104 valence electrons. The third kappa shape index (κ3) is 2.90. The zero-order valence-corrected chi connectivity index (χ0v) is 13.4. The van der Waals surface area contributed by atoms with E-state index in [4.69, 9.17) is 16.3 Å². The highest BCUT2D eigenvalue weighted by atomic mass is 79.9. The first-order valence-electron chi connectivity index (χ1n) is 6.29. The van der Waals surface area contributed by atoms with Crippen LogP contribution in [0.15, 0.2) is 18.2 Å². The zero-order chi connectivity index (χ0) is 14.0. The van der Waals surface area contributed by atoms with E-state index in [0.29, 0.717) is 22.3 Å². The van der Waals surface area contributed by atoms with Crippen LogP contribution in [-0.4, -0.2) is 35.8 Å². The fourth-order valence-electron chi connectivity index (χ4n) is 2.50. The molecule has 0 aliphatic carbocycles. The van der Waals surface area contributed by atoms with E-state index in [1.807, 2.05) is 4.90 Å². The summed E-state index contributed by atoms with van der Waals surface area (Å²) in [7, 11) is 1.56. The summed E-state index contributed by atoms with van der Waals surface area (Å²) in [4.78, 5) is 14.6. The Kier molecular flexibility index (Phi) is 4.74. The molecule has 0 radical (unpaired) electrons. The van der Waals surface area contributed by atoms with Crippen molar-refractivity contribution in [2.24, 2.45) is 5.92 Å². The largest absolute Gasteiger partial charge is 0.496 e. The lowest BCUT2D eigenvalue weighted by atomic mass is 10.0. The number of likely N-dealkylation sites (tertiary alicyclic amines) is 1. The predicted molar refractivity (Wildman–Crippen MR) is 80.4 cm³/mol. The Labute approximate surface area is 127 Å². The molecule has 5 heteroatoms. The molecule has 0 N–H and O–H groups in total. The minimum atomic E-state index is -0.00634. The summed E-state index contributed by atoms with van der Waals surface area (Å²) >= 11 is 9.48. The van der Waals surface area contributed by atoms with Crippen molar-refractivity contribution < 1.29 is 9.53 Å². The van der Waals surface area contributed by atoms with Gasteiger partial charge in [0.25, 0.3) is 5.91 Å². The van der Waals surface area contributed by atoms with E-state index >= 15 is 0 Å². The van der Waals surface area contributed by atoms with Crippen molar-refractivity contribution in [2.75, 3.05) is 19.0 Å². The molecule has 3 nitrogen and oxygen atoms in total. The molecule has 0 aromatic heterocycles. The van der Waals surface area contributed by atoms with Crippen LogP contribution in [0.25, 0.3) is 0 Å². The Morgan fingerprint density at radius 3 is 2.95 bits per heavy atom. The van der Waals surface area contributed by atoms with Gasteiger partial charge in [0.05, 0.1) is 12.7 Å². The lowest BCUT2D eigenvalue weighted by molar-refractivity contribution is 0.0735. The average Bonchev–Trinajstić information content (AvgIpc) is 2.78. The van der Waals surface area contributed by atoms with Gasteiger partial charge in [-0.3, -0.25) is 4.79 Å². The number of amides is 1. The maximum Gasteiger partial charge on any atom is 0.257 e. The van der Waals surface area contributed by atoms with Gasteiger partial charge in [0.15, 0.2) is 0 Å². The molecule has 0 bridgehead atoms. The number of ether oxygens (including phenoxy) is 1. The van der Waals surface area contributed by atoms with Gasteiger partial charge in [-0.15, -0.1) is 0 Å². The number of carbonyl (C=O) groups is 1. The molecule has 1 aromatic rings. The molecule has 1 saturated heterocycles. The first-order chi connectivity index (χ1) is 9.08. The standard InChI is InChI=1S/C14H17BrClNO2/c1-9-5-6-17(12(9)8-15)14(18)11-7-10(16)3-4-13(11)19-2/h3-4,7,9,12H,5-6,8H2,1-2H3. The number of hydrogen-bond donors (Lipinski definition) is 0. The minimum Gasteiger partial charge on any atom is -0.496 e. The van der Waals surface area contributed by atoms with Gasteiger partial charge >= 0.3 is 0 Å². The first kappa shape index (κ1) is 14.7. The number of hydrogen-bond acceptors (Lipinski definition) is 2. The van der Waals surface area contributed by atoms with Crippen LogP contribution < -0.4 is 4.74 Å². The van der Waals surface area contributed by atoms with Crippen LogP contribution in [0.5, 0.6) is 5.75 Å². The summed E-state index contributed by atoms with van der Waals surface area (Å²) < 4.78 is 5.26. The molecule has 19 heavy (non-hydrogen) atoms. The van der Waals surface area contributed by atoms with Crippen molar-refractivity contribution >= 4 is 33.4 Å². The van der Waals surface area contributed by atoms with Crippen molar-refractivity contribution in [2.45, 2.75) is 19.4 Å². The smallest absolute Gasteiger partial charge is 0.257 e. The van der Waals surface area contributed by atoms with Crippen LogP contribution in [0.1, 0.15) is 23.7 Å². The molecule has 0 saturated carbocycles. The van der Waals surface area contributed by atoms with E-state index in [-0.39, 0.29) is 11.9 Å². The lowest BCUT2D eigenvalue weighted by Gasteiger charge is -2.26. The number of nitrogens with zero attached hydrogens (tertiary/aromatic N) is 1. The molecule has 1 amide bonds. The van der Waals surface area contributed by atoms with Crippen LogP contribution in [0.3, 0.4) is 0 Å². The quantitative estimate of drug-likeness (QED) is 0.783. The molecule has 1 aromatic carbocycles. The van der Waals surface area contributed by atoms with Crippen LogP contribution >= 0.6 is 27.5 Å². The number of carbonyl (C=O) groups excluding carboxylic acids is 1. The molecule has 2 unspecified atom stereocenters. The van der Waals surface area contributed by atoms with Crippen LogP contribution in [-0.2, 0) is 0 Å². The average molecular weight is 347 g/mol. The summed E-state index contributed by atoms with van der Waals surface area (Å²) in [5, 5.41) is 1.34. The monoisotopic (exact) mass is 345 g/mol. The van der Waals surface area contributed by atoms with Gasteiger partial charge in [-0.25, -0.2) is 0 Å². The van der Waals surface area contributed by atoms with Gasteiger partial charge in [0, 0.05) is 22.9 Å². The van der Waals surface area contributed by atoms with Gasteiger partial charge in [-0.05, 0) is 30.5 Å². The third-order valence-electron chi connectivity index (χ3n) is 3.69. The maximum atomic E-state index is 12.7. The van der Waals surface area contributed by atoms with Crippen LogP contribution in [0.2, 0.25) is 5.02 Å². The Morgan fingerprint density at radius 1 is 1.58 bits per heavy atom. The number of alkyl halides is 1. The molecule has 1 heterocycles. The Morgan fingerprint density at radius 2 is 2.32 bits per heavy atom. The van der Waals surface area contributed by atoms with E-state index in [0.717, 1.165) is 18.3 Å². The molecule has 1 aliphatic heterocycles. The second-order valence-corrected chi connectivity index (χ2v) is 5.91. The van der Waals surface area contributed by atoms with E-state index in [1.54, 1.807) is 25.3 Å². The van der Waals surface area contributed by atoms with Gasteiger partial charge in [-0.2, -0.15) is 0 Å². The molecule has 1 aliphatic rings. The normalized spacial score (nSPS) is 22.6. The van der Waals surface area contributed by atoms with Crippen molar-refractivity contribution in [3.05, 3.63) is 28.8 Å². The van der Waals surface area contributed by atoms with E-state index in [1.165, 1.54) is 0 Å². The van der Waals surface area contributed by atoms with Crippen molar-refractivity contribution in [3.63, 3.8) is 0 Å². The van der Waals surface area contributed by atoms with E-state index < -0.39 is 0 Å². The highest BCUT2D eigenvalue weighted by Crippen LogP contribution is 2.30. The lowest BCUT2D eigenvalue weighted by Crippen LogP contribution is -2.38. The molecule has 1 fully saturated rings. The summed E-state index contributed by atoms with van der Waals surface area (Å²) in [6.45, 7) is 2.96. The summed E-state index contributed by atoms with van der Waals surface area (Å²) in [6.07, 6.45) is 1.03. The Hall–Kier alpha value is -0.740. The topological polar surface area (TPSA) is 29.5 Å². The number of benzene rings is 1. The second-order valence-electron chi connectivity index (χ2n) is 4.83. The van der Waals surface area contributed by atoms with Crippen molar-refractivity contribution in [1.82, 2.24) is 4.90 Å². The number of rotatable bonds is 3. The fraction of sp³-hybridized carbons (Fsp3) is 0.500. The van der Waals surface area contributed by atoms with Gasteiger partial charge < -0.3 is 9.64 Å². The Balaban J connectivity index is 2.31. The number of halogens is 2. The van der Waals surface area contributed by atoms with Crippen LogP contribution in [0.4, 0.5) is 0 Å². The Bertz CT molecular complexity index is 481. The zero-order valence-electron chi connectivity index (χ0n) is 11.0. The third-order valence-corrected chi connectivity index (χ3v) is 4.59. The van der Waals surface area contributed by atoms with Crippen LogP contribution in [0, 0.1) is 5.92 Å². The molecule has 2 rings (SSSR count). The fourth-order valence-corrected chi connectivity index (χ4v) is 3.66. The molecule has 0 spiro atoms. The van der Waals surface area contributed by atoms with Gasteiger partial charge in [0.2, 0.25) is 0 Å². The van der Waals surface area contributed by atoms with Crippen molar-refractivity contribution in [1.29, 1.82) is 0 Å². The minimum absolute atomic E-state index is 0.00634. The van der Waals surface area contributed by atoms with Crippen molar-refractivity contribution in [3.8, 4) is 5.75 Å². The summed E-state index contributed by atoms with van der Waals surface area (Å²) in [5.41, 5.74) is 0.537. The molecular formula is C14H17BrClNO2. The van der Waals surface area contributed by atoms with E-state index in [2.05, 4.69) is 22.9 Å². The summed E-state index contributed by atoms with van der Waals surface area (Å²) in [5.74, 6) is 1.07. The van der Waals surface area contributed by atoms with Gasteiger partial charge in [-0.1, -0.05) is 34.5 Å². The highest BCUT2D eigenvalue weighted by molar-refractivity contribution is 9.09. The molecule has 2 atom stereocenters. The molecular weight excluding hydrogens is 330 g/mol. The second kappa shape index (κ2) is 6.14. The summed E-state index contributed by atoms with van der Waals surface area (Å²) in [6, 6.07) is 5.37. The first-order valence-corrected chi connectivity index (χ1v) is 7.79. The van der Waals surface area contributed by atoms with E-state index in [9.17, 15) is 4.79 Å².